The molecule has 15 heteroatoms. The quantitative estimate of drug-likeness (QED) is 0.118. The number of hydrogen-bond acceptors (Lipinski definition) is 8. The number of nitrogens with one attached hydrogen (secondary N) is 2. The minimum Gasteiger partial charge on any atom is -0.482 e. The molecule has 0 aliphatic heterocycles. The van der Waals surface area contributed by atoms with E-state index in [-0.39, 0.29) is 22.4 Å². The third-order valence-electron chi connectivity index (χ3n) is 7.07. The Bertz CT molecular complexity index is 2010. The Kier molecular flexibility index (Phi) is 8.17. The molecule has 45 heavy (non-hydrogen) atoms. The molecule has 0 aliphatic rings. The van der Waals surface area contributed by atoms with Gasteiger partial charge in [-0.15, -0.1) is 0 Å². The average Bonchev–Trinajstić information content (AvgIpc) is 3.54. The lowest BCUT2D eigenvalue weighted by atomic mass is 9.99. The number of hydrogen-bond donors (Lipinski definition) is 6. The number of nitrogens with two attached hydrogens (primary N) is 1. The number of H-pyrrole nitrogens is 1. The summed E-state index contributed by atoms with van der Waals surface area (Å²) in [4.78, 5) is 71.7. The van der Waals surface area contributed by atoms with Gasteiger partial charge in [-0.05, 0) is 60.2 Å². The highest BCUT2D eigenvalue weighted by atomic mass is 16.5. The van der Waals surface area contributed by atoms with E-state index in [0.717, 1.165) is 0 Å². The van der Waals surface area contributed by atoms with Crippen molar-refractivity contribution in [3.05, 3.63) is 88.5 Å². The summed E-state index contributed by atoms with van der Waals surface area (Å²) in [7, 11) is 1.76. The minimum absolute atomic E-state index is 0.0289. The summed E-state index contributed by atoms with van der Waals surface area (Å²) in [5, 5.41) is 30.7. The van der Waals surface area contributed by atoms with Crippen LogP contribution in [0.15, 0.2) is 54.6 Å². The SMILES string of the molecule is Cn1c(Cc2nc3ccc(C(N)=O)cc3[nH]2)nc2ccc(C(=O)N[C@@H](Cc3cc(OCC(=O)O)ccc3C(=O)O)C(=O)O)cc21. The van der Waals surface area contributed by atoms with Crippen LogP contribution in [0.5, 0.6) is 5.75 Å². The van der Waals surface area contributed by atoms with E-state index >= 15 is 0 Å². The number of aromatic amines is 1. The fourth-order valence-electron chi connectivity index (χ4n) is 4.83. The summed E-state index contributed by atoms with van der Waals surface area (Å²) in [6, 6.07) is 11.7. The van der Waals surface area contributed by atoms with Gasteiger partial charge in [0.15, 0.2) is 6.61 Å². The molecule has 0 unspecified atom stereocenters. The number of primary amides is 1. The van der Waals surface area contributed by atoms with Crippen LogP contribution in [0.25, 0.3) is 22.1 Å². The Labute approximate surface area is 253 Å². The molecule has 7 N–H and O–H groups in total. The van der Waals surface area contributed by atoms with E-state index in [1.807, 2.05) is 0 Å². The second kappa shape index (κ2) is 12.2. The smallest absolute Gasteiger partial charge is 0.341 e. The van der Waals surface area contributed by atoms with Gasteiger partial charge in [-0.1, -0.05) is 0 Å². The zero-order valence-electron chi connectivity index (χ0n) is 23.6. The Balaban J connectivity index is 1.36. The number of imidazole rings is 2. The van der Waals surface area contributed by atoms with Crippen LogP contribution in [0, 0.1) is 0 Å². The Morgan fingerprint density at radius 3 is 2.38 bits per heavy atom. The fraction of sp³-hybridized carbons (Fsp3) is 0.167. The molecule has 0 spiro atoms. The monoisotopic (exact) mass is 614 g/mol. The molecular weight excluding hydrogens is 588 g/mol. The number of aryl methyl sites for hydroxylation is 1. The van der Waals surface area contributed by atoms with Gasteiger partial charge < -0.3 is 40.7 Å². The number of carboxylic acid groups (broad SMARTS) is 3. The van der Waals surface area contributed by atoms with E-state index in [9.17, 15) is 34.2 Å². The van der Waals surface area contributed by atoms with Crippen molar-refractivity contribution < 1.29 is 44.0 Å². The highest BCUT2D eigenvalue weighted by Crippen LogP contribution is 2.22. The van der Waals surface area contributed by atoms with Gasteiger partial charge >= 0.3 is 17.9 Å². The Morgan fingerprint density at radius 2 is 1.69 bits per heavy atom. The number of ether oxygens (including phenoxy) is 1. The summed E-state index contributed by atoms with van der Waals surface area (Å²) in [6.45, 7) is -0.681. The molecule has 5 aromatic rings. The third-order valence-corrected chi connectivity index (χ3v) is 7.07. The summed E-state index contributed by atoms with van der Waals surface area (Å²) < 4.78 is 6.87. The maximum absolute atomic E-state index is 13.2. The number of aliphatic carboxylic acids is 2. The van der Waals surface area contributed by atoms with Crippen molar-refractivity contribution in [1.82, 2.24) is 24.8 Å². The summed E-state index contributed by atoms with van der Waals surface area (Å²) in [6.07, 6.45) is -0.112. The van der Waals surface area contributed by atoms with Crippen molar-refractivity contribution in [2.45, 2.75) is 18.9 Å². The first kappa shape index (κ1) is 30.2. The topological polar surface area (TPSA) is 240 Å². The van der Waals surface area contributed by atoms with Crippen molar-refractivity contribution in [1.29, 1.82) is 0 Å². The molecule has 0 fully saturated rings. The predicted octanol–water partition coefficient (Wildman–Crippen LogP) is 1.73. The first-order chi connectivity index (χ1) is 21.4. The van der Waals surface area contributed by atoms with E-state index < -0.39 is 48.8 Å². The van der Waals surface area contributed by atoms with Gasteiger partial charge in [0.2, 0.25) is 5.91 Å². The maximum atomic E-state index is 13.2. The van der Waals surface area contributed by atoms with E-state index in [2.05, 4.69) is 20.3 Å². The molecule has 15 nitrogen and oxygen atoms in total. The number of carbonyl (C=O) groups is 5. The summed E-state index contributed by atoms with van der Waals surface area (Å²) in [5.74, 6) is -4.03. The van der Waals surface area contributed by atoms with Crippen LogP contribution in [0.4, 0.5) is 0 Å². The lowest BCUT2D eigenvalue weighted by Crippen LogP contribution is -2.42. The predicted molar refractivity (Wildman–Crippen MR) is 157 cm³/mol. The Morgan fingerprint density at radius 1 is 0.956 bits per heavy atom. The molecule has 2 heterocycles. The number of benzene rings is 3. The molecule has 0 aliphatic carbocycles. The van der Waals surface area contributed by atoms with E-state index in [1.54, 1.807) is 41.9 Å². The largest absolute Gasteiger partial charge is 0.482 e. The highest BCUT2D eigenvalue weighted by molar-refractivity contribution is 5.99. The average molecular weight is 615 g/mol. The molecule has 0 bridgehead atoms. The fourth-order valence-corrected chi connectivity index (χ4v) is 4.83. The third kappa shape index (κ3) is 6.56. The number of nitrogens with zero attached hydrogens (tertiary/aromatic N) is 3. The van der Waals surface area contributed by atoms with E-state index in [1.165, 1.54) is 24.3 Å². The minimum atomic E-state index is -1.52. The number of amides is 2. The van der Waals surface area contributed by atoms with Crippen LogP contribution in [-0.4, -0.2) is 77.2 Å². The van der Waals surface area contributed by atoms with Crippen LogP contribution >= 0.6 is 0 Å². The number of rotatable bonds is 12. The van der Waals surface area contributed by atoms with Crippen LogP contribution < -0.4 is 15.8 Å². The zero-order chi connectivity index (χ0) is 32.4. The second-order valence-electron chi connectivity index (χ2n) is 10.1. The van der Waals surface area contributed by atoms with Gasteiger partial charge in [0, 0.05) is 24.6 Å². The van der Waals surface area contributed by atoms with Crippen LogP contribution in [0.2, 0.25) is 0 Å². The van der Waals surface area contributed by atoms with Crippen molar-refractivity contribution in [2.24, 2.45) is 12.8 Å². The second-order valence-corrected chi connectivity index (χ2v) is 10.1. The number of aromatic nitrogens is 4. The molecule has 2 amide bonds. The lowest BCUT2D eigenvalue weighted by Gasteiger charge is -2.17. The molecule has 230 valence electrons. The van der Waals surface area contributed by atoms with Gasteiger partial charge in [-0.25, -0.2) is 24.4 Å². The lowest BCUT2D eigenvalue weighted by molar-refractivity contribution is -0.140. The molecule has 3 aromatic carbocycles. The molecule has 5 rings (SSSR count). The van der Waals surface area contributed by atoms with Gasteiger partial charge in [0.05, 0.1) is 34.1 Å². The number of fused-ring (bicyclic) bond motifs is 2. The number of carboxylic acids is 3. The number of carbonyl (C=O) groups excluding carboxylic acids is 2. The maximum Gasteiger partial charge on any atom is 0.341 e. The first-order valence-corrected chi connectivity index (χ1v) is 13.4. The molecule has 0 radical (unpaired) electrons. The normalized spacial score (nSPS) is 11.8. The van der Waals surface area contributed by atoms with Gasteiger partial charge in [-0.3, -0.25) is 9.59 Å². The molecule has 0 saturated heterocycles. The van der Waals surface area contributed by atoms with Gasteiger partial charge in [-0.2, -0.15) is 0 Å². The van der Waals surface area contributed by atoms with Crippen LogP contribution in [-0.2, 0) is 29.5 Å². The van der Waals surface area contributed by atoms with Crippen molar-refractivity contribution in [2.75, 3.05) is 6.61 Å². The van der Waals surface area contributed by atoms with Crippen molar-refractivity contribution >= 4 is 51.8 Å². The molecule has 0 saturated carbocycles. The first-order valence-electron chi connectivity index (χ1n) is 13.4. The van der Waals surface area contributed by atoms with Crippen molar-refractivity contribution in [3.8, 4) is 5.75 Å². The Hall–Kier alpha value is -6.25. The molecular formula is C30H26N6O9. The standard InChI is InChI=1S/C30H26N6O9/c1-36-23-11-15(3-7-20(23)34-25(36)12-24-32-19-6-2-14(27(31)39)9-21(19)33-24)28(40)35-22(30(43)44)10-16-8-17(45-13-26(37)38)4-5-18(16)29(41)42/h2-9,11,22H,10,12-13H2,1H3,(H2,31,39)(H,32,33)(H,35,40)(H,37,38)(H,41,42)(H,43,44)/t22-/m0/s1. The van der Waals surface area contributed by atoms with Crippen molar-refractivity contribution in [3.63, 3.8) is 0 Å². The van der Waals surface area contributed by atoms with Crippen LogP contribution in [0.1, 0.15) is 48.3 Å². The molecule has 1 atom stereocenters. The summed E-state index contributed by atoms with van der Waals surface area (Å²) >= 11 is 0. The summed E-state index contributed by atoms with van der Waals surface area (Å²) in [5.41, 5.74) is 8.11. The highest BCUT2D eigenvalue weighted by Gasteiger charge is 2.25. The van der Waals surface area contributed by atoms with E-state index in [4.69, 9.17) is 15.6 Å². The zero-order valence-corrected chi connectivity index (χ0v) is 23.6. The van der Waals surface area contributed by atoms with Gasteiger partial charge in [0.1, 0.15) is 23.4 Å². The van der Waals surface area contributed by atoms with Crippen LogP contribution in [0.3, 0.4) is 0 Å². The number of aromatic carboxylic acids is 1. The van der Waals surface area contributed by atoms with Gasteiger partial charge in [0.25, 0.3) is 5.91 Å². The van der Waals surface area contributed by atoms with E-state index in [0.29, 0.717) is 45.7 Å². The molecule has 2 aromatic heterocycles.